The maximum Gasteiger partial charge on any atom is 0.220 e. The van der Waals surface area contributed by atoms with Crippen LogP contribution in [-0.2, 0) is 9.59 Å². The fraction of sp³-hybridized carbons (Fsp3) is 0.900. The summed E-state index contributed by atoms with van der Waals surface area (Å²) < 4.78 is 0. The van der Waals surface area contributed by atoms with E-state index >= 15 is 0 Å². The lowest BCUT2D eigenvalue weighted by Crippen LogP contribution is -2.27. The van der Waals surface area contributed by atoms with Crippen molar-refractivity contribution in [3.63, 3.8) is 0 Å². The Balaban J connectivity index is 3.83. The fourth-order valence-electron chi connectivity index (χ4n) is 1.99. The van der Waals surface area contributed by atoms with Gasteiger partial charge in [0.15, 0.2) is 0 Å². The number of nitrogens with one attached hydrogen (secondary N) is 1. The van der Waals surface area contributed by atoms with E-state index in [0.717, 1.165) is 25.8 Å². The highest BCUT2D eigenvalue weighted by atomic mass is 33.1. The van der Waals surface area contributed by atoms with Crippen LogP contribution in [0.1, 0.15) is 87.5 Å². The van der Waals surface area contributed by atoms with E-state index in [1.165, 1.54) is 0 Å². The van der Waals surface area contributed by atoms with Crippen LogP contribution >= 0.6 is 21.6 Å². The number of ketones is 1. The Morgan fingerprint density at radius 3 is 1.80 bits per heavy atom. The summed E-state index contributed by atoms with van der Waals surface area (Å²) in [6.45, 7) is 17.6. The number of amides is 1. The van der Waals surface area contributed by atoms with Gasteiger partial charge in [-0.15, -0.1) is 0 Å². The largest absolute Gasteiger partial charge is 0.356 e. The van der Waals surface area contributed by atoms with Crippen LogP contribution < -0.4 is 5.32 Å². The standard InChI is InChI=1S/C20H39NO2S2/c1-15(9-11-17(22)20(6,7)8)24-25-16(2)10-12-18(23)21-14-13-19(3,4)5/h15-16H,9-14H2,1-8H3,(H,21,23). The van der Waals surface area contributed by atoms with E-state index in [1.807, 2.05) is 42.4 Å². The molecule has 25 heavy (non-hydrogen) atoms. The first-order valence-corrected chi connectivity index (χ1v) is 11.7. The van der Waals surface area contributed by atoms with E-state index < -0.39 is 0 Å². The molecule has 0 aromatic rings. The normalized spacial score (nSPS) is 14.9. The predicted molar refractivity (Wildman–Crippen MR) is 114 cm³/mol. The first-order valence-electron chi connectivity index (χ1n) is 9.43. The van der Waals surface area contributed by atoms with Crippen molar-refractivity contribution in [1.29, 1.82) is 0 Å². The summed E-state index contributed by atoms with van der Waals surface area (Å²) >= 11 is 0. The molecule has 3 nitrogen and oxygen atoms in total. The van der Waals surface area contributed by atoms with Gasteiger partial charge in [-0.2, -0.15) is 0 Å². The highest BCUT2D eigenvalue weighted by Gasteiger charge is 2.21. The molecule has 0 saturated carbocycles. The molecule has 0 bridgehead atoms. The van der Waals surface area contributed by atoms with Gasteiger partial charge < -0.3 is 5.32 Å². The Bertz CT molecular complexity index is 411. The number of hydrogen-bond acceptors (Lipinski definition) is 4. The van der Waals surface area contributed by atoms with Gasteiger partial charge in [-0.25, -0.2) is 0 Å². The maximum absolute atomic E-state index is 12.0. The molecule has 1 amide bonds. The second-order valence-electron chi connectivity index (χ2n) is 9.22. The second-order valence-corrected chi connectivity index (χ2v) is 12.4. The third-order valence-electron chi connectivity index (χ3n) is 3.97. The van der Waals surface area contributed by atoms with Crippen LogP contribution in [0.25, 0.3) is 0 Å². The summed E-state index contributed by atoms with van der Waals surface area (Å²) in [4.78, 5) is 23.9. The van der Waals surface area contributed by atoms with Gasteiger partial charge in [-0.05, 0) is 24.7 Å². The summed E-state index contributed by atoms with van der Waals surface area (Å²) in [6.07, 6.45) is 4.07. The second kappa shape index (κ2) is 11.5. The van der Waals surface area contributed by atoms with Crippen LogP contribution in [0.15, 0.2) is 0 Å². The summed E-state index contributed by atoms with van der Waals surface area (Å²) in [6, 6.07) is 0. The quantitative estimate of drug-likeness (QED) is 0.449. The van der Waals surface area contributed by atoms with Gasteiger partial charge in [-0.1, -0.05) is 77.0 Å². The lowest BCUT2D eigenvalue weighted by Gasteiger charge is -2.19. The van der Waals surface area contributed by atoms with Crippen LogP contribution in [0.4, 0.5) is 0 Å². The lowest BCUT2D eigenvalue weighted by atomic mass is 9.88. The lowest BCUT2D eigenvalue weighted by molar-refractivity contribution is -0.126. The number of rotatable bonds is 11. The van der Waals surface area contributed by atoms with Gasteiger partial charge in [0, 0.05) is 35.3 Å². The summed E-state index contributed by atoms with van der Waals surface area (Å²) in [7, 11) is 3.68. The topological polar surface area (TPSA) is 46.2 Å². The van der Waals surface area contributed by atoms with Crippen molar-refractivity contribution in [2.75, 3.05) is 6.54 Å². The summed E-state index contributed by atoms with van der Waals surface area (Å²) in [5.41, 5.74) is 0.0305. The van der Waals surface area contributed by atoms with E-state index in [1.54, 1.807) is 0 Å². The van der Waals surface area contributed by atoms with Crippen molar-refractivity contribution in [1.82, 2.24) is 5.32 Å². The molecular weight excluding hydrogens is 350 g/mol. The molecule has 148 valence electrons. The number of carbonyl (C=O) groups excluding carboxylic acids is 2. The molecule has 2 unspecified atom stereocenters. The molecule has 0 fully saturated rings. The molecule has 0 rings (SSSR count). The zero-order valence-corrected chi connectivity index (χ0v) is 19.2. The van der Waals surface area contributed by atoms with Crippen molar-refractivity contribution < 1.29 is 9.59 Å². The smallest absolute Gasteiger partial charge is 0.220 e. The number of Topliss-reactive ketones (excluding diaryl/α,β-unsaturated/α-hetero) is 1. The Morgan fingerprint density at radius 2 is 1.36 bits per heavy atom. The first kappa shape index (κ1) is 24.8. The van der Waals surface area contributed by atoms with Crippen molar-refractivity contribution in [2.45, 2.75) is 98.0 Å². The highest BCUT2D eigenvalue weighted by Crippen LogP contribution is 2.35. The molecule has 0 aliphatic carbocycles. The third kappa shape index (κ3) is 14.7. The van der Waals surface area contributed by atoms with E-state index in [-0.39, 0.29) is 16.7 Å². The first-order chi connectivity index (χ1) is 11.3. The van der Waals surface area contributed by atoms with Crippen LogP contribution in [-0.4, -0.2) is 28.7 Å². The van der Waals surface area contributed by atoms with Gasteiger partial charge in [0.2, 0.25) is 5.91 Å². The predicted octanol–water partition coefficient (Wildman–Crippen LogP) is 5.87. The van der Waals surface area contributed by atoms with Crippen molar-refractivity contribution >= 4 is 33.3 Å². The molecule has 0 aromatic heterocycles. The molecule has 0 spiro atoms. The van der Waals surface area contributed by atoms with E-state index in [9.17, 15) is 9.59 Å². The Morgan fingerprint density at radius 1 is 0.880 bits per heavy atom. The van der Waals surface area contributed by atoms with E-state index in [4.69, 9.17) is 0 Å². The van der Waals surface area contributed by atoms with Crippen molar-refractivity contribution in [3.05, 3.63) is 0 Å². The molecular formula is C20H39NO2S2. The minimum absolute atomic E-state index is 0.158. The molecule has 0 aromatic carbocycles. The van der Waals surface area contributed by atoms with Crippen molar-refractivity contribution in [3.8, 4) is 0 Å². The molecule has 0 heterocycles. The molecule has 0 radical (unpaired) electrons. The highest BCUT2D eigenvalue weighted by molar-refractivity contribution is 8.77. The van der Waals surface area contributed by atoms with Gasteiger partial charge in [0.25, 0.3) is 0 Å². The Kier molecular flexibility index (Phi) is 11.5. The van der Waals surface area contributed by atoms with Gasteiger partial charge >= 0.3 is 0 Å². The SMILES string of the molecule is CC(CCC(=O)NCCC(C)(C)C)SSC(C)CCC(=O)C(C)(C)C. The zero-order valence-electron chi connectivity index (χ0n) is 17.5. The Hall–Kier alpha value is -0.160. The molecule has 1 N–H and O–H groups in total. The molecule has 0 saturated heterocycles. The third-order valence-corrected chi connectivity index (χ3v) is 7.52. The van der Waals surface area contributed by atoms with E-state index in [0.29, 0.717) is 29.1 Å². The Labute approximate surface area is 163 Å². The van der Waals surface area contributed by atoms with Crippen LogP contribution in [0.2, 0.25) is 0 Å². The number of carbonyl (C=O) groups is 2. The van der Waals surface area contributed by atoms with E-state index in [2.05, 4.69) is 39.9 Å². The number of hydrogen-bond donors (Lipinski definition) is 1. The van der Waals surface area contributed by atoms with Crippen LogP contribution in [0.5, 0.6) is 0 Å². The minimum atomic E-state index is -0.231. The summed E-state index contributed by atoms with van der Waals surface area (Å²) in [5.74, 6) is 0.496. The zero-order chi connectivity index (χ0) is 19.7. The van der Waals surface area contributed by atoms with Gasteiger partial charge in [-0.3, -0.25) is 9.59 Å². The van der Waals surface area contributed by atoms with Crippen LogP contribution in [0.3, 0.4) is 0 Å². The maximum atomic E-state index is 12.0. The summed E-state index contributed by atoms with van der Waals surface area (Å²) in [5, 5.41) is 3.92. The molecule has 0 aliphatic heterocycles. The molecule has 2 atom stereocenters. The minimum Gasteiger partial charge on any atom is -0.356 e. The average Bonchev–Trinajstić information content (AvgIpc) is 2.46. The monoisotopic (exact) mass is 389 g/mol. The average molecular weight is 390 g/mol. The van der Waals surface area contributed by atoms with Gasteiger partial charge in [0.1, 0.15) is 5.78 Å². The van der Waals surface area contributed by atoms with Crippen molar-refractivity contribution in [2.24, 2.45) is 10.8 Å². The van der Waals surface area contributed by atoms with Crippen LogP contribution in [0, 0.1) is 10.8 Å². The molecule has 5 heteroatoms. The van der Waals surface area contributed by atoms with Gasteiger partial charge in [0.05, 0.1) is 0 Å². The molecule has 0 aliphatic rings. The fourth-order valence-corrected chi connectivity index (χ4v) is 4.52.